The highest BCUT2D eigenvalue weighted by Gasteiger charge is 2.05. The molecule has 0 bridgehead atoms. The number of anilines is 1. The lowest BCUT2D eigenvalue weighted by Gasteiger charge is -2.12. The minimum absolute atomic E-state index is 0.139. The van der Waals surface area contributed by atoms with Crippen molar-refractivity contribution in [3.8, 4) is 0 Å². The van der Waals surface area contributed by atoms with E-state index in [4.69, 9.17) is 23.8 Å². The zero-order valence-corrected chi connectivity index (χ0v) is 15.3. The molecular weight excluding hydrogens is 398 g/mol. The van der Waals surface area contributed by atoms with Crippen LogP contribution in [0.4, 0.5) is 5.69 Å². The van der Waals surface area contributed by atoms with Crippen molar-refractivity contribution in [1.82, 2.24) is 10.9 Å². The van der Waals surface area contributed by atoms with Crippen molar-refractivity contribution in [3.63, 3.8) is 0 Å². The molecule has 0 radical (unpaired) electrons. The number of rotatable bonds is 4. The minimum atomic E-state index is -0.139. The zero-order valence-electron chi connectivity index (χ0n) is 12.1. The van der Waals surface area contributed by atoms with Gasteiger partial charge in [-0.05, 0) is 42.4 Å². The van der Waals surface area contributed by atoms with Crippen molar-refractivity contribution in [2.75, 3.05) is 5.32 Å². The van der Waals surface area contributed by atoms with Gasteiger partial charge < -0.3 is 5.32 Å². The van der Waals surface area contributed by atoms with E-state index in [2.05, 4.69) is 32.1 Å². The first-order valence-electron chi connectivity index (χ1n) is 6.89. The second kappa shape index (κ2) is 8.86. The molecule has 0 heterocycles. The van der Waals surface area contributed by atoms with Crippen molar-refractivity contribution in [2.45, 2.75) is 12.8 Å². The van der Waals surface area contributed by atoms with Gasteiger partial charge in [0.2, 0.25) is 5.91 Å². The standard InChI is InChI=1S/C16H15BrClN3OS/c17-12-7-8-14(13(18)10-12)19-16(23)21-20-15(22)9-6-11-4-2-1-3-5-11/h1-5,7-8,10H,6,9H2,(H,20,22)(H2,19,21,23). The number of hydrazine groups is 1. The average Bonchev–Trinajstić information content (AvgIpc) is 2.54. The molecule has 0 saturated carbocycles. The summed E-state index contributed by atoms with van der Waals surface area (Å²) in [6.07, 6.45) is 1.05. The highest BCUT2D eigenvalue weighted by atomic mass is 79.9. The van der Waals surface area contributed by atoms with Gasteiger partial charge in [-0.2, -0.15) is 0 Å². The van der Waals surface area contributed by atoms with Crippen LogP contribution in [0, 0.1) is 0 Å². The van der Waals surface area contributed by atoms with E-state index in [9.17, 15) is 4.79 Å². The third-order valence-corrected chi connectivity index (χ3v) is 3.99. The Morgan fingerprint density at radius 2 is 1.87 bits per heavy atom. The van der Waals surface area contributed by atoms with Gasteiger partial charge in [-0.25, -0.2) is 0 Å². The Bertz CT molecular complexity index is 697. The maximum absolute atomic E-state index is 11.8. The van der Waals surface area contributed by atoms with Crippen LogP contribution in [-0.2, 0) is 11.2 Å². The molecule has 23 heavy (non-hydrogen) atoms. The lowest BCUT2D eigenvalue weighted by Crippen LogP contribution is -2.43. The number of benzene rings is 2. The molecule has 2 rings (SSSR count). The van der Waals surface area contributed by atoms with Crippen LogP contribution in [0.2, 0.25) is 5.02 Å². The van der Waals surface area contributed by atoms with Gasteiger partial charge in [0.05, 0.1) is 10.7 Å². The first-order valence-corrected chi connectivity index (χ1v) is 8.47. The van der Waals surface area contributed by atoms with E-state index >= 15 is 0 Å². The van der Waals surface area contributed by atoms with Crippen molar-refractivity contribution in [1.29, 1.82) is 0 Å². The molecule has 0 fully saturated rings. The Balaban J connectivity index is 1.74. The molecule has 4 nitrogen and oxygen atoms in total. The third-order valence-electron chi connectivity index (χ3n) is 2.98. The number of carbonyl (C=O) groups excluding carboxylic acids is 1. The highest BCUT2D eigenvalue weighted by molar-refractivity contribution is 9.10. The molecule has 0 unspecified atom stereocenters. The van der Waals surface area contributed by atoms with Gasteiger partial charge in [-0.15, -0.1) is 0 Å². The maximum Gasteiger partial charge on any atom is 0.238 e. The van der Waals surface area contributed by atoms with Crippen LogP contribution in [0.3, 0.4) is 0 Å². The van der Waals surface area contributed by atoms with Crippen LogP contribution in [0.15, 0.2) is 53.0 Å². The summed E-state index contributed by atoms with van der Waals surface area (Å²) in [5, 5.41) is 3.71. The van der Waals surface area contributed by atoms with Gasteiger partial charge in [0.1, 0.15) is 0 Å². The van der Waals surface area contributed by atoms with Crippen molar-refractivity contribution in [2.24, 2.45) is 0 Å². The lowest BCUT2D eigenvalue weighted by molar-refractivity contribution is -0.121. The Hall–Kier alpha value is -1.63. The van der Waals surface area contributed by atoms with E-state index in [1.54, 1.807) is 12.1 Å². The number of carbonyl (C=O) groups is 1. The number of nitrogens with one attached hydrogen (secondary N) is 3. The molecule has 0 spiro atoms. The zero-order chi connectivity index (χ0) is 16.7. The van der Waals surface area contributed by atoms with E-state index in [1.807, 2.05) is 36.4 Å². The molecule has 7 heteroatoms. The summed E-state index contributed by atoms with van der Waals surface area (Å²) in [5.41, 5.74) is 6.99. The summed E-state index contributed by atoms with van der Waals surface area (Å²) in [5.74, 6) is -0.139. The van der Waals surface area contributed by atoms with Crippen molar-refractivity contribution in [3.05, 3.63) is 63.6 Å². The highest BCUT2D eigenvalue weighted by Crippen LogP contribution is 2.25. The van der Waals surface area contributed by atoms with Gasteiger partial charge in [-0.3, -0.25) is 15.6 Å². The molecule has 1 amide bonds. The normalized spacial score (nSPS) is 10.0. The van der Waals surface area contributed by atoms with Crippen LogP contribution in [0.1, 0.15) is 12.0 Å². The summed E-state index contributed by atoms with van der Waals surface area (Å²) in [4.78, 5) is 11.8. The summed E-state index contributed by atoms with van der Waals surface area (Å²) in [7, 11) is 0. The second-order valence-electron chi connectivity index (χ2n) is 4.74. The first kappa shape index (κ1) is 17.7. The fourth-order valence-electron chi connectivity index (χ4n) is 1.84. The molecule has 2 aromatic rings. The molecule has 3 N–H and O–H groups in total. The number of hydrogen-bond donors (Lipinski definition) is 3. The lowest BCUT2D eigenvalue weighted by atomic mass is 10.1. The number of thiocarbonyl (C=S) groups is 1. The van der Waals surface area contributed by atoms with Gasteiger partial charge in [0, 0.05) is 10.9 Å². The summed E-state index contributed by atoms with van der Waals surface area (Å²) < 4.78 is 0.876. The van der Waals surface area contributed by atoms with E-state index in [1.165, 1.54) is 0 Å². The largest absolute Gasteiger partial charge is 0.330 e. The van der Waals surface area contributed by atoms with Crippen LogP contribution < -0.4 is 16.2 Å². The number of amides is 1. The molecular formula is C16H15BrClN3OS. The van der Waals surface area contributed by atoms with Gasteiger partial charge in [-0.1, -0.05) is 57.9 Å². The Kier molecular flexibility index (Phi) is 6.83. The molecule has 0 atom stereocenters. The predicted molar refractivity (Wildman–Crippen MR) is 101 cm³/mol. The summed E-state index contributed by atoms with van der Waals surface area (Å²) in [6.45, 7) is 0. The SMILES string of the molecule is O=C(CCc1ccccc1)NNC(=S)Nc1ccc(Br)cc1Cl. The van der Waals surface area contributed by atoms with Crippen molar-refractivity contribution < 1.29 is 4.79 Å². The van der Waals surface area contributed by atoms with Gasteiger partial charge in [0.15, 0.2) is 5.11 Å². The Morgan fingerprint density at radius 3 is 2.57 bits per heavy atom. The van der Waals surface area contributed by atoms with E-state index in [-0.39, 0.29) is 11.0 Å². The minimum Gasteiger partial charge on any atom is -0.330 e. The summed E-state index contributed by atoms with van der Waals surface area (Å²) >= 11 is 14.5. The Morgan fingerprint density at radius 1 is 1.13 bits per heavy atom. The average molecular weight is 413 g/mol. The third kappa shape index (κ3) is 6.17. The summed E-state index contributed by atoms with van der Waals surface area (Å²) in [6, 6.07) is 15.2. The molecule has 2 aromatic carbocycles. The molecule has 0 aromatic heterocycles. The fraction of sp³-hybridized carbons (Fsp3) is 0.125. The number of aryl methyl sites for hydroxylation is 1. The van der Waals surface area contributed by atoms with E-state index < -0.39 is 0 Å². The topological polar surface area (TPSA) is 53.2 Å². The maximum atomic E-state index is 11.8. The molecule has 0 aliphatic rings. The Labute approximate surface area is 153 Å². The van der Waals surface area contributed by atoms with Crippen LogP contribution in [0.25, 0.3) is 0 Å². The monoisotopic (exact) mass is 411 g/mol. The molecule has 0 aliphatic heterocycles. The van der Waals surface area contributed by atoms with E-state index in [0.29, 0.717) is 23.6 Å². The van der Waals surface area contributed by atoms with Crippen LogP contribution >= 0.6 is 39.7 Å². The van der Waals surface area contributed by atoms with Gasteiger partial charge >= 0.3 is 0 Å². The molecule has 0 saturated heterocycles. The smallest absolute Gasteiger partial charge is 0.238 e. The molecule has 120 valence electrons. The van der Waals surface area contributed by atoms with E-state index in [0.717, 1.165) is 10.0 Å². The van der Waals surface area contributed by atoms with Crippen LogP contribution in [0.5, 0.6) is 0 Å². The van der Waals surface area contributed by atoms with Crippen LogP contribution in [-0.4, -0.2) is 11.0 Å². The fourth-order valence-corrected chi connectivity index (χ4v) is 2.72. The quantitative estimate of drug-likeness (QED) is 0.524. The number of halogens is 2. The van der Waals surface area contributed by atoms with Crippen molar-refractivity contribution >= 4 is 56.5 Å². The first-order chi connectivity index (χ1) is 11.0. The second-order valence-corrected chi connectivity index (χ2v) is 6.47. The number of hydrogen-bond acceptors (Lipinski definition) is 2. The van der Waals surface area contributed by atoms with Gasteiger partial charge in [0.25, 0.3) is 0 Å². The predicted octanol–water partition coefficient (Wildman–Crippen LogP) is 4.05. The molecule has 0 aliphatic carbocycles.